The summed E-state index contributed by atoms with van der Waals surface area (Å²) in [7, 11) is -3.64. The first-order valence-corrected chi connectivity index (χ1v) is 9.29. The molecule has 0 saturated carbocycles. The molecule has 0 radical (unpaired) electrons. The van der Waals surface area contributed by atoms with Crippen LogP contribution in [0.25, 0.3) is 0 Å². The number of alkyl halides is 3. The van der Waals surface area contributed by atoms with Crippen LogP contribution >= 0.6 is 11.6 Å². The van der Waals surface area contributed by atoms with Gasteiger partial charge in [-0.15, -0.1) is 0 Å². The molecule has 0 unspecified atom stereocenters. The first kappa shape index (κ1) is 20.7. The van der Waals surface area contributed by atoms with Crippen LogP contribution in [0.3, 0.4) is 0 Å². The smallest absolute Gasteiger partial charge is 0.324 e. The molecule has 0 bridgehead atoms. The van der Waals surface area contributed by atoms with Crippen LogP contribution in [0.2, 0.25) is 5.02 Å². The predicted molar refractivity (Wildman–Crippen MR) is 86.4 cm³/mol. The molecule has 0 saturated heterocycles. The molecule has 0 heterocycles. The maximum atomic E-state index is 13.0. The number of carbonyl (C=O) groups is 1. The molecule has 5 nitrogen and oxygen atoms in total. The molecule has 1 N–H and O–H groups in total. The van der Waals surface area contributed by atoms with E-state index in [1.54, 1.807) is 0 Å². The minimum absolute atomic E-state index is 0.121. The number of anilines is 1. The summed E-state index contributed by atoms with van der Waals surface area (Å²) in [6.45, 7) is 1.41. The van der Waals surface area contributed by atoms with Crippen molar-refractivity contribution in [1.29, 1.82) is 0 Å². The number of unbranched alkanes of at least 4 members (excludes halogenated alkanes) is 1. The van der Waals surface area contributed by atoms with Crippen molar-refractivity contribution < 1.29 is 26.4 Å². The third-order valence-electron chi connectivity index (χ3n) is 3.11. The number of nitrogens with one attached hydrogen (secondary N) is 1. The number of halogens is 4. The van der Waals surface area contributed by atoms with Gasteiger partial charge in [0.1, 0.15) is 0 Å². The number of carbonyl (C=O) groups excluding carboxylic acids is 1. The number of hydrogen-bond acceptors (Lipinski definition) is 3. The molecule has 136 valence electrons. The number of nitrogens with zero attached hydrogens (tertiary/aromatic N) is 1. The fraction of sp³-hybridized carbons (Fsp3) is 0.500. The summed E-state index contributed by atoms with van der Waals surface area (Å²) in [6.07, 6.45) is -2.51. The van der Waals surface area contributed by atoms with Gasteiger partial charge in [0.15, 0.2) is 0 Å². The highest BCUT2D eigenvalue weighted by atomic mass is 35.5. The maximum absolute atomic E-state index is 13.0. The minimum Gasteiger partial charge on any atom is -0.324 e. The van der Waals surface area contributed by atoms with Crippen LogP contribution in [0.4, 0.5) is 18.9 Å². The molecule has 1 amide bonds. The van der Waals surface area contributed by atoms with Crippen molar-refractivity contribution in [2.75, 3.05) is 24.7 Å². The van der Waals surface area contributed by atoms with Gasteiger partial charge >= 0.3 is 6.18 Å². The van der Waals surface area contributed by atoms with Crippen molar-refractivity contribution in [2.24, 2.45) is 0 Å². The Morgan fingerprint density at radius 2 is 1.96 bits per heavy atom. The van der Waals surface area contributed by atoms with Crippen LogP contribution in [0.1, 0.15) is 25.3 Å². The third kappa shape index (κ3) is 6.29. The van der Waals surface area contributed by atoms with Crippen molar-refractivity contribution in [3.63, 3.8) is 0 Å². The Kier molecular flexibility index (Phi) is 7.06. The van der Waals surface area contributed by atoms with Crippen LogP contribution in [-0.4, -0.2) is 38.0 Å². The Morgan fingerprint density at radius 3 is 2.46 bits per heavy atom. The lowest BCUT2D eigenvalue weighted by Gasteiger charge is -2.20. The van der Waals surface area contributed by atoms with E-state index in [1.807, 2.05) is 6.92 Å². The highest BCUT2D eigenvalue weighted by Crippen LogP contribution is 2.36. The van der Waals surface area contributed by atoms with Gasteiger partial charge in [-0.3, -0.25) is 4.79 Å². The number of amides is 1. The van der Waals surface area contributed by atoms with Crippen LogP contribution in [-0.2, 0) is 21.0 Å². The quantitative estimate of drug-likeness (QED) is 0.781. The molecule has 0 atom stereocenters. The van der Waals surface area contributed by atoms with Crippen LogP contribution in [0, 0.1) is 0 Å². The molecular weight excluding hydrogens is 369 g/mol. The first-order chi connectivity index (χ1) is 10.9. The fourth-order valence-corrected chi connectivity index (χ4v) is 2.89. The summed E-state index contributed by atoms with van der Waals surface area (Å²) in [4.78, 5) is 12.0. The average molecular weight is 387 g/mol. The van der Waals surface area contributed by atoms with Crippen LogP contribution in [0.15, 0.2) is 18.2 Å². The van der Waals surface area contributed by atoms with Crippen molar-refractivity contribution in [3.8, 4) is 0 Å². The van der Waals surface area contributed by atoms with E-state index in [0.29, 0.717) is 18.9 Å². The zero-order valence-electron chi connectivity index (χ0n) is 13.2. The van der Waals surface area contributed by atoms with Gasteiger partial charge in [-0.1, -0.05) is 24.9 Å². The van der Waals surface area contributed by atoms with Gasteiger partial charge in [0.2, 0.25) is 15.9 Å². The van der Waals surface area contributed by atoms with Crippen molar-refractivity contribution >= 4 is 33.2 Å². The molecule has 1 aromatic carbocycles. The number of sulfonamides is 1. The van der Waals surface area contributed by atoms with E-state index in [4.69, 9.17) is 11.6 Å². The lowest BCUT2D eigenvalue weighted by atomic mass is 10.1. The van der Waals surface area contributed by atoms with Gasteiger partial charge in [-0.2, -0.15) is 17.5 Å². The van der Waals surface area contributed by atoms with E-state index in [-0.39, 0.29) is 11.6 Å². The molecule has 0 aliphatic carbocycles. The topological polar surface area (TPSA) is 66.5 Å². The van der Waals surface area contributed by atoms with E-state index in [1.165, 1.54) is 6.07 Å². The average Bonchev–Trinajstić information content (AvgIpc) is 2.43. The summed E-state index contributed by atoms with van der Waals surface area (Å²) in [5, 5.41) is 1.98. The SMILES string of the molecule is CCCCN(CC(=O)Nc1ccc(Cl)cc1C(F)(F)F)S(C)(=O)=O. The normalized spacial score (nSPS) is 12.5. The van der Waals surface area contributed by atoms with Gasteiger partial charge in [0, 0.05) is 11.6 Å². The molecule has 0 aromatic heterocycles. The Hall–Kier alpha value is -1.32. The lowest BCUT2D eigenvalue weighted by Crippen LogP contribution is -2.38. The van der Waals surface area contributed by atoms with E-state index >= 15 is 0 Å². The molecule has 0 spiro atoms. The van der Waals surface area contributed by atoms with Crippen molar-refractivity contribution in [3.05, 3.63) is 28.8 Å². The molecule has 1 aromatic rings. The minimum atomic E-state index is -4.70. The predicted octanol–water partition coefficient (Wildman–Crippen LogP) is 3.36. The zero-order valence-corrected chi connectivity index (χ0v) is 14.7. The first-order valence-electron chi connectivity index (χ1n) is 7.07. The van der Waals surface area contributed by atoms with Crippen LogP contribution in [0.5, 0.6) is 0 Å². The summed E-state index contributed by atoms with van der Waals surface area (Å²) in [6, 6.07) is 2.93. The second kappa shape index (κ2) is 8.17. The fourth-order valence-electron chi connectivity index (χ4n) is 1.91. The lowest BCUT2D eigenvalue weighted by molar-refractivity contribution is -0.137. The number of rotatable bonds is 7. The molecule has 0 aliphatic rings. The highest BCUT2D eigenvalue weighted by Gasteiger charge is 2.34. The molecule has 0 aliphatic heterocycles. The Bertz CT molecular complexity index is 693. The highest BCUT2D eigenvalue weighted by molar-refractivity contribution is 7.88. The molecule has 24 heavy (non-hydrogen) atoms. The van der Waals surface area contributed by atoms with E-state index in [2.05, 4.69) is 5.32 Å². The zero-order chi connectivity index (χ0) is 18.5. The summed E-state index contributed by atoms with van der Waals surface area (Å²) in [5.41, 5.74) is -1.57. The van der Waals surface area contributed by atoms with Crippen molar-refractivity contribution in [2.45, 2.75) is 25.9 Å². The Balaban J connectivity index is 2.95. The van der Waals surface area contributed by atoms with Gasteiger partial charge in [-0.05, 0) is 24.6 Å². The molecule has 1 rings (SSSR count). The van der Waals surface area contributed by atoms with Crippen LogP contribution < -0.4 is 5.32 Å². The maximum Gasteiger partial charge on any atom is 0.418 e. The Labute approximate surface area is 143 Å². The van der Waals surface area contributed by atoms with Gasteiger partial charge in [0.05, 0.1) is 24.1 Å². The van der Waals surface area contributed by atoms with E-state index in [0.717, 1.165) is 16.6 Å². The van der Waals surface area contributed by atoms with E-state index < -0.39 is 39.9 Å². The molecule has 0 fully saturated rings. The summed E-state index contributed by atoms with van der Waals surface area (Å²) >= 11 is 5.56. The third-order valence-corrected chi connectivity index (χ3v) is 4.60. The van der Waals surface area contributed by atoms with Gasteiger partial charge in [-0.25, -0.2) is 8.42 Å². The van der Waals surface area contributed by atoms with E-state index in [9.17, 15) is 26.4 Å². The van der Waals surface area contributed by atoms with Crippen molar-refractivity contribution in [1.82, 2.24) is 4.31 Å². The molecular formula is C14H18ClF3N2O3S. The largest absolute Gasteiger partial charge is 0.418 e. The number of benzene rings is 1. The molecule has 10 heteroatoms. The van der Waals surface area contributed by atoms with Gasteiger partial charge < -0.3 is 5.32 Å². The second-order valence-corrected chi connectivity index (χ2v) is 7.60. The number of hydrogen-bond donors (Lipinski definition) is 1. The summed E-state index contributed by atoms with van der Waals surface area (Å²) in [5.74, 6) is -0.857. The van der Waals surface area contributed by atoms with Gasteiger partial charge in [0.25, 0.3) is 0 Å². The summed E-state index contributed by atoms with van der Waals surface area (Å²) < 4.78 is 63.2. The standard InChI is InChI=1S/C14H18ClF3N2O3S/c1-3-4-7-20(24(2,22)23)9-13(21)19-12-6-5-10(15)8-11(12)14(16,17)18/h5-6,8H,3-4,7,9H2,1-2H3,(H,19,21). The Morgan fingerprint density at radius 1 is 1.33 bits per heavy atom. The monoisotopic (exact) mass is 386 g/mol. The second-order valence-electron chi connectivity index (χ2n) is 5.19.